The van der Waals surface area contributed by atoms with E-state index in [9.17, 15) is 22.8 Å². The van der Waals surface area contributed by atoms with Crippen molar-refractivity contribution in [2.45, 2.75) is 38.4 Å². The Kier molecular flexibility index (Phi) is 4.20. The molecule has 0 aliphatic carbocycles. The van der Waals surface area contributed by atoms with Gasteiger partial charge >= 0.3 is 12.2 Å². The van der Waals surface area contributed by atoms with Crippen LogP contribution in [0.3, 0.4) is 0 Å². The Morgan fingerprint density at radius 2 is 1.86 bits per heavy atom. The van der Waals surface area contributed by atoms with Crippen molar-refractivity contribution in [1.82, 2.24) is 5.32 Å². The summed E-state index contributed by atoms with van der Waals surface area (Å²) < 4.78 is 37.5. The minimum atomic E-state index is -4.45. The number of nitrogens with one attached hydrogen (secondary N) is 1. The molecule has 0 radical (unpaired) electrons. The summed E-state index contributed by atoms with van der Waals surface area (Å²) >= 11 is 0. The predicted octanol–water partition coefficient (Wildman–Crippen LogP) is 3.32. The van der Waals surface area contributed by atoms with Crippen LogP contribution in [0.4, 0.5) is 23.7 Å². The van der Waals surface area contributed by atoms with E-state index in [1.54, 1.807) is 0 Å². The number of urea groups is 1. The highest BCUT2D eigenvalue weighted by atomic mass is 19.4. The van der Waals surface area contributed by atoms with Gasteiger partial charge in [0, 0.05) is 12.5 Å². The normalized spacial score (nSPS) is 19.6. The number of carbonyl (C=O) groups excluding carboxylic acids is 2. The van der Waals surface area contributed by atoms with Crippen molar-refractivity contribution in [1.29, 1.82) is 0 Å². The molecule has 1 aliphatic heterocycles. The maximum absolute atomic E-state index is 12.5. The molecule has 1 fully saturated rings. The van der Waals surface area contributed by atoms with Crippen LogP contribution in [0.1, 0.15) is 31.7 Å². The molecule has 1 unspecified atom stereocenters. The fourth-order valence-corrected chi connectivity index (χ4v) is 2.29. The molecule has 1 aromatic rings. The molecule has 7 heteroatoms. The fourth-order valence-electron chi connectivity index (χ4n) is 2.29. The van der Waals surface area contributed by atoms with E-state index < -0.39 is 23.7 Å². The minimum Gasteiger partial charge on any atom is -0.334 e. The van der Waals surface area contributed by atoms with Gasteiger partial charge in [0.2, 0.25) is 5.91 Å². The average molecular weight is 300 g/mol. The van der Waals surface area contributed by atoms with Crippen molar-refractivity contribution in [3.8, 4) is 0 Å². The number of hydrogen-bond acceptors (Lipinski definition) is 2. The Morgan fingerprint density at radius 1 is 1.24 bits per heavy atom. The van der Waals surface area contributed by atoms with Crippen LogP contribution in [0.25, 0.3) is 0 Å². The Morgan fingerprint density at radius 3 is 2.33 bits per heavy atom. The van der Waals surface area contributed by atoms with E-state index in [2.05, 4.69) is 5.32 Å². The molecule has 0 bridgehead atoms. The Labute approximate surface area is 119 Å². The van der Waals surface area contributed by atoms with Crippen LogP contribution in [-0.2, 0) is 11.0 Å². The molecule has 1 aromatic carbocycles. The van der Waals surface area contributed by atoms with Crippen LogP contribution in [0.5, 0.6) is 0 Å². The summed E-state index contributed by atoms with van der Waals surface area (Å²) in [7, 11) is 0. The van der Waals surface area contributed by atoms with Crippen molar-refractivity contribution in [3.05, 3.63) is 29.8 Å². The third-order valence-electron chi connectivity index (χ3n) is 3.29. The number of nitrogens with zero attached hydrogens (tertiary/aromatic N) is 1. The summed E-state index contributed by atoms with van der Waals surface area (Å²) in [6, 6.07) is 3.16. The second kappa shape index (κ2) is 5.75. The molecule has 1 aliphatic rings. The van der Waals surface area contributed by atoms with Gasteiger partial charge in [-0.25, -0.2) is 9.69 Å². The highest BCUT2D eigenvalue weighted by molar-refractivity contribution is 6.16. The molecule has 114 valence electrons. The number of benzene rings is 1. The zero-order valence-corrected chi connectivity index (χ0v) is 11.4. The molecule has 0 saturated carbocycles. The summed E-state index contributed by atoms with van der Waals surface area (Å²) in [5.41, 5.74) is -0.680. The first-order chi connectivity index (χ1) is 9.82. The van der Waals surface area contributed by atoms with Crippen LogP contribution in [0.15, 0.2) is 24.3 Å². The number of halogens is 3. The average Bonchev–Trinajstić information content (AvgIpc) is 2.38. The lowest BCUT2D eigenvalue weighted by atomic mass is 10.1. The lowest BCUT2D eigenvalue weighted by Gasteiger charge is -2.31. The first-order valence-corrected chi connectivity index (χ1v) is 6.63. The molecule has 3 amide bonds. The molecule has 1 heterocycles. The highest BCUT2D eigenvalue weighted by Crippen LogP contribution is 2.31. The van der Waals surface area contributed by atoms with Gasteiger partial charge in [-0.1, -0.05) is 13.3 Å². The number of hydrogen-bond donors (Lipinski definition) is 1. The topological polar surface area (TPSA) is 49.4 Å². The van der Waals surface area contributed by atoms with Gasteiger partial charge in [-0.15, -0.1) is 0 Å². The van der Waals surface area contributed by atoms with Gasteiger partial charge in [0.25, 0.3) is 0 Å². The second-order valence-corrected chi connectivity index (χ2v) is 4.91. The van der Waals surface area contributed by atoms with E-state index in [1.807, 2.05) is 6.92 Å². The van der Waals surface area contributed by atoms with E-state index >= 15 is 0 Å². The lowest BCUT2D eigenvalue weighted by molar-refractivity contribution is -0.137. The molecule has 0 aromatic heterocycles. The number of alkyl halides is 3. The summed E-state index contributed by atoms with van der Waals surface area (Å²) in [4.78, 5) is 24.8. The Hall–Kier alpha value is -2.05. The quantitative estimate of drug-likeness (QED) is 0.931. The molecule has 1 saturated heterocycles. The molecule has 1 N–H and O–H groups in total. The van der Waals surface area contributed by atoms with E-state index in [1.165, 1.54) is 0 Å². The van der Waals surface area contributed by atoms with E-state index in [4.69, 9.17) is 0 Å². The Bertz CT molecular complexity index is 522. The molecule has 0 spiro atoms. The maximum atomic E-state index is 12.5. The zero-order chi connectivity index (χ0) is 15.6. The molecule has 1 atom stereocenters. The second-order valence-electron chi connectivity index (χ2n) is 4.91. The Balaban J connectivity index is 2.18. The first kappa shape index (κ1) is 15.3. The summed E-state index contributed by atoms with van der Waals surface area (Å²) in [6.07, 6.45) is -2.77. The monoisotopic (exact) mass is 300 g/mol. The molecule has 21 heavy (non-hydrogen) atoms. The highest BCUT2D eigenvalue weighted by Gasteiger charge is 2.34. The fraction of sp³-hybridized carbons (Fsp3) is 0.429. The first-order valence-electron chi connectivity index (χ1n) is 6.63. The zero-order valence-electron chi connectivity index (χ0n) is 11.4. The van der Waals surface area contributed by atoms with E-state index in [-0.39, 0.29) is 18.2 Å². The molecule has 4 nitrogen and oxygen atoms in total. The number of anilines is 1. The number of imide groups is 1. The summed E-state index contributed by atoms with van der Waals surface area (Å²) in [6.45, 7) is 1.94. The third kappa shape index (κ3) is 3.34. The largest absolute Gasteiger partial charge is 0.416 e. The minimum absolute atomic E-state index is 0.139. The van der Waals surface area contributed by atoms with Crippen molar-refractivity contribution >= 4 is 17.6 Å². The summed E-state index contributed by atoms with van der Waals surface area (Å²) in [5.74, 6) is -0.406. The van der Waals surface area contributed by atoms with Crippen LogP contribution in [-0.4, -0.2) is 18.0 Å². The van der Waals surface area contributed by atoms with Gasteiger partial charge in [0.1, 0.15) is 0 Å². The predicted molar refractivity (Wildman–Crippen MR) is 70.8 cm³/mol. The van der Waals surface area contributed by atoms with Crippen molar-refractivity contribution in [2.24, 2.45) is 0 Å². The number of carbonyl (C=O) groups is 2. The van der Waals surface area contributed by atoms with Gasteiger partial charge < -0.3 is 5.32 Å². The molecular weight excluding hydrogens is 285 g/mol. The molecule has 2 rings (SSSR count). The van der Waals surface area contributed by atoms with Gasteiger partial charge in [-0.2, -0.15) is 13.2 Å². The van der Waals surface area contributed by atoms with Crippen molar-refractivity contribution in [2.75, 3.05) is 4.90 Å². The third-order valence-corrected chi connectivity index (χ3v) is 3.29. The van der Waals surface area contributed by atoms with Gasteiger partial charge in [0.05, 0.1) is 11.3 Å². The van der Waals surface area contributed by atoms with Crippen LogP contribution < -0.4 is 10.2 Å². The van der Waals surface area contributed by atoms with Crippen LogP contribution in [0, 0.1) is 0 Å². The van der Waals surface area contributed by atoms with Gasteiger partial charge in [-0.05, 0) is 30.7 Å². The van der Waals surface area contributed by atoms with Crippen molar-refractivity contribution in [3.63, 3.8) is 0 Å². The van der Waals surface area contributed by atoms with Gasteiger partial charge in [0.15, 0.2) is 0 Å². The number of rotatable bonds is 3. The maximum Gasteiger partial charge on any atom is 0.416 e. The summed E-state index contributed by atoms with van der Waals surface area (Å²) in [5, 5.41) is 2.69. The SMILES string of the molecule is CCCC1CC(=O)N(c2ccc(C(F)(F)F)cc2)C(=O)N1. The molecular formula is C14H15F3N2O2. The lowest BCUT2D eigenvalue weighted by Crippen LogP contribution is -2.54. The smallest absolute Gasteiger partial charge is 0.334 e. The van der Waals surface area contributed by atoms with Gasteiger partial charge in [-0.3, -0.25) is 4.79 Å². The standard InChI is InChI=1S/C14H15F3N2O2/c1-2-3-10-8-12(20)19(13(21)18-10)11-6-4-9(5-7-11)14(15,16)17/h4-7,10H,2-3,8H2,1H3,(H,18,21). The number of amides is 3. The van der Waals surface area contributed by atoms with E-state index in [0.29, 0.717) is 6.42 Å². The van der Waals surface area contributed by atoms with Crippen LogP contribution in [0.2, 0.25) is 0 Å². The van der Waals surface area contributed by atoms with E-state index in [0.717, 1.165) is 35.6 Å². The van der Waals surface area contributed by atoms with Crippen molar-refractivity contribution < 1.29 is 22.8 Å². The van der Waals surface area contributed by atoms with Crippen LogP contribution >= 0.6 is 0 Å².